The minimum Gasteiger partial charge on any atom is -0.501 e. The summed E-state index contributed by atoms with van der Waals surface area (Å²) >= 11 is 0. The molecule has 0 saturated heterocycles. The van der Waals surface area contributed by atoms with Crippen LogP contribution in [0.2, 0.25) is 0 Å². The molecule has 1 fully saturated rings. The van der Waals surface area contributed by atoms with Gasteiger partial charge in [-0.2, -0.15) is 0 Å². The molecule has 0 spiro atoms. The first kappa shape index (κ1) is 14.1. The van der Waals surface area contributed by atoms with E-state index >= 15 is 0 Å². The van der Waals surface area contributed by atoms with Gasteiger partial charge in [0.1, 0.15) is 0 Å². The second kappa shape index (κ2) is 9.08. The molecule has 1 aliphatic rings. The summed E-state index contributed by atoms with van der Waals surface area (Å²) in [6, 6.07) is 0. The number of carbonyl (C=O) groups is 1. The summed E-state index contributed by atoms with van der Waals surface area (Å²) in [6.45, 7) is 3.30. The molecule has 0 aromatic carbocycles. The summed E-state index contributed by atoms with van der Waals surface area (Å²) < 4.78 is 10.3. The Bertz CT molecular complexity index is 230. The van der Waals surface area contributed by atoms with Gasteiger partial charge in [-0.1, -0.05) is 32.6 Å². The first-order valence-corrected chi connectivity index (χ1v) is 6.78. The Kier molecular flexibility index (Phi) is 7.52. The minimum atomic E-state index is -0.304. The van der Waals surface area contributed by atoms with Gasteiger partial charge in [-0.25, -0.2) is 4.79 Å². The third-order valence-corrected chi connectivity index (χ3v) is 3.10. The summed E-state index contributed by atoms with van der Waals surface area (Å²) in [5.74, 6) is 0.367. The molecule has 0 atom stereocenters. The van der Waals surface area contributed by atoms with Gasteiger partial charge in [0.2, 0.25) is 0 Å². The molecule has 0 amide bonds. The zero-order valence-electron chi connectivity index (χ0n) is 10.8. The largest absolute Gasteiger partial charge is 0.501 e. The molecule has 0 heterocycles. The predicted molar refractivity (Wildman–Crippen MR) is 67.5 cm³/mol. The molecule has 0 radical (unpaired) electrons. The van der Waals surface area contributed by atoms with Crippen molar-refractivity contribution < 1.29 is 14.3 Å². The molecule has 0 unspecified atom stereocenters. The Morgan fingerprint density at radius 1 is 1.29 bits per heavy atom. The quantitative estimate of drug-likeness (QED) is 0.296. The molecule has 3 heteroatoms. The maximum absolute atomic E-state index is 11.2. The molecule has 0 aromatic rings. The first-order chi connectivity index (χ1) is 8.33. The number of unbranched alkanes of at least 4 members (excludes halogenated alkanes) is 1. The third-order valence-electron chi connectivity index (χ3n) is 3.10. The van der Waals surface area contributed by atoms with Crippen LogP contribution in [0.25, 0.3) is 0 Å². The highest BCUT2D eigenvalue weighted by atomic mass is 16.5. The van der Waals surface area contributed by atoms with E-state index in [-0.39, 0.29) is 5.97 Å². The second-order valence-electron chi connectivity index (χ2n) is 4.66. The Labute approximate surface area is 104 Å². The lowest BCUT2D eigenvalue weighted by Gasteiger charge is -2.20. The Morgan fingerprint density at radius 3 is 2.76 bits per heavy atom. The van der Waals surface area contributed by atoms with Crippen LogP contribution in [-0.2, 0) is 14.3 Å². The SMILES string of the molecule is CCCCOC(=O)C=COCC1CCCCC1. The van der Waals surface area contributed by atoms with Gasteiger partial charge in [-0.05, 0) is 25.2 Å². The van der Waals surface area contributed by atoms with Crippen molar-refractivity contribution in [1.29, 1.82) is 0 Å². The van der Waals surface area contributed by atoms with E-state index in [9.17, 15) is 4.79 Å². The predicted octanol–water partition coefficient (Wildman–Crippen LogP) is 3.44. The monoisotopic (exact) mass is 240 g/mol. The maximum atomic E-state index is 11.2. The molecule has 1 aliphatic carbocycles. The lowest BCUT2D eigenvalue weighted by molar-refractivity contribution is -0.138. The van der Waals surface area contributed by atoms with Crippen molar-refractivity contribution in [3.8, 4) is 0 Å². The van der Waals surface area contributed by atoms with E-state index < -0.39 is 0 Å². The van der Waals surface area contributed by atoms with Gasteiger partial charge >= 0.3 is 5.97 Å². The van der Waals surface area contributed by atoms with Gasteiger partial charge in [0.15, 0.2) is 0 Å². The lowest BCUT2D eigenvalue weighted by atomic mass is 9.90. The Balaban J connectivity index is 2.02. The van der Waals surface area contributed by atoms with Gasteiger partial charge in [0.25, 0.3) is 0 Å². The molecule has 98 valence electrons. The van der Waals surface area contributed by atoms with Crippen molar-refractivity contribution in [2.45, 2.75) is 51.9 Å². The fourth-order valence-electron chi connectivity index (χ4n) is 2.01. The third kappa shape index (κ3) is 7.03. The van der Waals surface area contributed by atoms with Crippen molar-refractivity contribution in [3.63, 3.8) is 0 Å². The minimum absolute atomic E-state index is 0.304. The molecule has 0 aliphatic heterocycles. The maximum Gasteiger partial charge on any atom is 0.333 e. The first-order valence-electron chi connectivity index (χ1n) is 6.78. The molecule has 0 N–H and O–H groups in total. The van der Waals surface area contributed by atoms with E-state index in [0.717, 1.165) is 19.4 Å². The van der Waals surface area contributed by atoms with E-state index in [0.29, 0.717) is 12.5 Å². The Hall–Kier alpha value is -0.990. The van der Waals surface area contributed by atoms with E-state index in [2.05, 4.69) is 6.92 Å². The fourth-order valence-corrected chi connectivity index (χ4v) is 2.01. The smallest absolute Gasteiger partial charge is 0.333 e. The second-order valence-corrected chi connectivity index (χ2v) is 4.66. The Morgan fingerprint density at radius 2 is 2.06 bits per heavy atom. The zero-order valence-corrected chi connectivity index (χ0v) is 10.8. The topological polar surface area (TPSA) is 35.5 Å². The number of hydrogen-bond acceptors (Lipinski definition) is 3. The van der Waals surface area contributed by atoms with Crippen LogP contribution in [0, 0.1) is 5.92 Å². The molecule has 0 aromatic heterocycles. The van der Waals surface area contributed by atoms with E-state index in [1.54, 1.807) is 0 Å². The average Bonchev–Trinajstić information content (AvgIpc) is 2.36. The number of carbonyl (C=O) groups excluding carboxylic acids is 1. The van der Waals surface area contributed by atoms with Crippen LogP contribution in [0.15, 0.2) is 12.3 Å². The summed E-state index contributed by atoms with van der Waals surface area (Å²) in [5, 5.41) is 0. The number of hydrogen-bond donors (Lipinski definition) is 0. The van der Waals surface area contributed by atoms with E-state index in [4.69, 9.17) is 9.47 Å². The molecule has 17 heavy (non-hydrogen) atoms. The van der Waals surface area contributed by atoms with E-state index in [1.807, 2.05) is 0 Å². The fraction of sp³-hybridized carbons (Fsp3) is 0.786. The average molecular weight is 240 g/mol. The van der Waals surface area contributed by atoms with Crippen LogP contribution in [0.4, 0.5) is 0 Å². The standard InChI is InChI=1S/C14H24O3/c1-2-3-10-17-14(15)9-11-16-12-13-7-5-4-6-8-13/h9,11,13H,2-8,10,12H2,1H3. The van der Waals surface area contributed by atoms with Crippen molar-refractivity contribution in [3.05, 3.63) is 12.3 Å². The van der Waals surface area contributed by atoms with Crippen LogP contribution < -0.4 is 0 Å². The molecule has 1 rings (SSSR count). The molecule has 0 bridgehead atoms. The van der Waals surface area contributed by atoms with Crippen molar-refractivity contribution in [2.75, 3.05) is 13.2 Å². The van der Waals surface area contributed by atoms with Crippen molar-refractivity contribution in [1.82, 2.24) is 0 Å². The highest BCUT2D eigenvalue weighted by molar-refractivity contribution is 5.81. The number of esters is 1. The van der Waals surface area contributed by atoms with Crippen LogP contribution in [-0.4, -0.2) is 19.2 Å². The van der Waals surface area contributed by atoms with E-state index in [1.165, 1.54) is 44.4 Å². The highest BCUT2D eigenvalue weighted by Gasteiger charge is 2.12. The zero-order chi connectivity index (χ0) is 12.3. The molecule has 3 nitrogen and oxygen atoms in total. The van der Waals surface area contributed by atoms with Gasteiger partial charge in [-0.15, -0.1) is 0 Å². The lowest BCUT2D eigenvalue weighted by Crippen LogP contribution is -2.11. The van der Waals surface area contributed by atoms with Gasteiger partial charge < -0.3 is 9.47 Å². The van der Waals surface area contributed by atoms with Crippen molar-refractivity contribution in [2.24, 2.45) is 5.92 Å². The van der Waals surface area contributed by atoms with Gasteiger partial charge in [0, 0.05) is 0 Å². The van der Waals surface area contributed by atoms with Crippen LogP contribution >= 0.6 is 0 Å². The summed E-state index contributed by atoms with van der Waals surface area (Å²) in [4.78, 5) is 11.2. The van der Waals surface area contributed by atoms with Gasteiger partial charge in [0.05, 0.1) is 25.6 Å². The van der Waals surface area contributed by atoms with Crippen molar-refractivity contribution >= 4 is 5.97 Å². The summed E-state index contributed by atoms with van der Waals surface area (Å²) in [5.41, 5.74) is 0. The molecular weight excluding hydrogens is 216 g/mol. The van der Waals surface area contributed by atoms with Gasteiger partial charge in [-0.3, -0.25) is 0 Å². The summed E-state index contributed by atoms with van der Waals surface area (Å²) in [6.07, 6.45) is 11.3. The molecule has 1 saturated carbocycles. The number of rotatable bonds is 7. The molecular formula is C14H24O3. The summed E-state index contributed by atoms with van der Waals surface area (Å²) in [7, 11) is 0. The van der Waals surface area contributed by atoms with Crippen LogP contribution in [0.3, 0.4) is 0 Å². The number of ether oxygens (including phenoxy) is 2. The highest BCUT2D eigenvalue weighted by Crippen LogP contribution is 2.23. The normalized spacial score (nSPS) is 17.2. The van der Waals surface area contributed by atoms with Crippen LogP contribution in [0.1, 0.15) is 51.9 Å². The van der Waals surface area contributed by atoms with Crippen LogP contribution in [0.5, 0.6) is 0 Å².